The van der Waals surface area contributed by atoms with Crippen LogP contribution in [-0.2, 0) is 11.3 Å². The summed E-state index contributed by atoms with van der Waals surface area (Å²) in [5.41, 5.74) is 2.81. The van der Waals surface area contributed by atoms with E-state index in [1.807, 2.05) is 26.0 Å². The van der Waals surface area contributed by atoms with Crippen molar-refractivity contribution < 1.29 is 8.76 Å². The van der Waals surface area contributed by atoms with Gasteiger partial charge in [-0.1, -0.05) is 12.1 Å². The van der Waals surface area contributed by atoms with Gasteiger partial charge in [-0.3, -0.25) is 9.27 Å². The summed E-state index contributed by atoms with van der Waals surface area (Å²) >= 11 is -1.99. The second kappa shape index (κ2) is 3.69. The van der Waals surface area contributed by atoms with Crippen molar-refractivity contribution in [3.8, 4) is 0 Å². The highest BCUT2D eigenvalue weighted by atomic mass is 32.2. The molecule has 0 bridgehead atoms. The first-order valence-corrected chi connectivity index (χ1v) is 4.65. The fraction of sp³-hybridized carbons (Fsp3) is 0.250. The summed E-state index contributed by atoms with van der Waals surface area (Å²) in [6.07, 6.45) is 0. The van der Waals surface area contributed by atoms with E-state index in [1.54, 1.807) is 6.07 Å². The van der Waals surface area contributed by atoms with Gasteiger partial charge in [0.25, 0.3) is 11.3 Å². The molecule has 0 aliphatic carbocycles. The predicted molar refractivity (Wildman–Crippen MR) is 50.3 cm³/mol. The van der Waals surface area contributed by atoms with E-state index in [2.05, 4.69) is 4.72 Å². The summed E-state index contributed by atoms with van der Waals surface area (Å²) in [4.78, 5) is 0. The lowest BCUT2D eigenvalue weighted by Gasteiger charge is -2.07. The van der Waals surface area contributed by atoms with Crippen LogP contribution in [0.3, 0.4) is 0 Å². The van der Waals surface area contributed by atoms with Crippen LogP contribution in [0, 0.1) is 13.8 Å². The molecule has 66 valence electrons. The van der Waals surface area contributed by atoms with E-state index < -0.39 is 11.3 Å². The maximum atomic E-state index is 10.4. The molecule has 1 aromatic carbocycles. The molecule has 0 amide bonds. The summed E-state index contributed by atoms with van der Waals surface area (Å²) in [5, 5.41) is 0. The Morgan fingerprint density at radius 2 is 2.08 bits per heavy atom. The van der Waals surface area contributed by atoms with Gasteiger partial charge in [0.2, 0.25) is 0 Å². The zero-order valence-electron chi connectivity index (χ0n) is 7.00. The zero-order chi connectivity index (χ0) is 9.14. The number of nitrogens with one attached hydrogen (secondary N) is 1. The van der Waals surface area contributed by atoms with Crippen molar-refractivity contribution in [1.29, 1.82) is 0 Å². The second-order valence-corrected chi connectivity index (χ2v) is 3.30. The normalized spacial score (nSPS) is 12.6. The van der Waals surface area contributed by atoms with E-state index in [4.69, 9.17) is 4.55 Å². The predicted octanol–water partition coefficient (Wildman–Crippen LogP) is 1.85. The first kappa shape index (κ1) is 9.22. The molecule has 0 saturated heterocycles. The lowest BCUT2D eigenvalue weighted by atomic mass is 10.1. The smallest absolute Gasteiger partial charge is 0.259 e. The number of anilines is 1. The van der Waals surface area contributed by atoms with Crippen molar-refractivity contribution in [3.05, 3.63) is 29.3 Å². The van der Waals surface area contributed by atoms with Crippen LogP contribution < -0.4 is 4.72 Å². The Kier molecular flexibility index (Phi) is 2.83. The van der Waals surface area contributed by atoms with E-state index in [-0.39, 0.29) is 0 Å². The van der Waals surface area contributed by atoms with Crippen LogP contribution in [0.2, 0.25) is 0 Å². The molecule has 0 saturated carbocycles. The van der Waals surface area contributed by atoms with Gasteiger partial charge in [0.05, 0.1) is 5.69 Å². The van der Waals surface area contributed by atoms with Gasteiger partial charge in [0.15, 0.2) is 0 Å². The maximum Gasteiger partial charge on any atom is 0.259 e. The SMILES string of the molecule is Cc1cccc(NS(=O)O)c1C. The van der Waals surface area contributed by atoms with Gasteiger partial charge in [-0.15, -0.1) is 0 Å². The largest absolute Gasteiger partial charge is 0.289 e. The van der Waals surface area contributed by atoms with Gasteiger partial charge >= 0.3 is 0 Å². The third-order valence-electron chi connectivity index (χ3n) is 1.80. The van der Waals surface area contributed by atoms with Gasteiger partial charge < -0.3 is 0 Å². The Bertz CT molecular complexity index is 312. The van der Waals surface area contributed by atoms with Crippen molar-refractivity contribution in [3.63, 3.8) is 0 Å². The minimum Gasteiger partial charge on any atom is -0.289 e. The average Bonchev–Trinajstić information content (AvgIpc) is 1.98. The summed E-state index contributed by atoms with van der Waals surface area (Å²) in [6.45, 7) is 3.87. The lowest BCUT2D eigenvalue weighted by molar-refractivity contribution is 0.570. The van der Waals surface area contributed by atoms with Gasteiger partial charge in [0, 0.05) is 0 Å². The summed E-state index contributed by atoms with van der Waals surface area (Å²) in [7, 11) is 0. The molecule has 0 aliphatic rings. The molecular weight excluding hydrogens is 174 g/mol. The fourth-order valence-corrected chi connectivity index (χ4v) is 1.36. The Morgan fingerprint density at radius 3 is 2.67 bits per heavy atom. The molecule has 0 spiro atoms. The molecule has 0 aromatic heterocycles. The van der Waals surface area contributed by atoms with Gasteiger partial charge in [0.1, 0.15) is 0 Å². The molecule has 2 N–H and O–H groups in total. The summed E-state index contributed by atoms with van der Waals surface area (Å²) in [6, 6.07) is 5.58. The molecule has 1 aromatic rings. The first-order chi connectivity index (χ1) is 5.61. The van der Waals surface area contributed by atoms with E-state index in [0.29, 0.717) is 5.69 Å². The minimum atomic E-state index is -1.99. The van der Waals surface area contributed by atoms with E-state index >= 15 is 0 Å². The Hall–Kier alpha value is -0.870. The first-order valence-electron chi connectivity index (χ1n) is 3.55. The number of hydrogen-bond donors (Lipinski definition) is 2. The van der Waals surface area contributed by atoms with Crippen LogP contribution in [0.25, 0.3) is 0 Å². The molecule has 0 aliphatic heterocycles. The minimum absolute atomic E-state index is 0.704. The van der Waals surface area contributed by atoms with Crippen LogP contribution in [0.4, 0.5) is 5.69 Å². The van der Waals surface area contributed by atoms with Crippen molar-refractivity contribution >= 4 is 17.0 Å². The van der Waals surface area contributed by atoms with Crippen LogP contribution >= 0.6 is 0 Å². The van der Waals surface area contributed by atoms with E-state index in [1.165, 1.54) is 0 Å². The quantitative estimate of drug-likeness (QED) is 0.691. The van der Waals surface area contributed by atoms with Crippen molar-refractivity contribution in [1.82, 2.24) is 0 Å². The highest BCUT2D eigenvalue weighted by Crippen LogP contribution is 2.17. The Morgan fingerprint density at radius 1 is 1.42 bits per heavy atom. The molecule has 3 nitrogen and oxygen atoms in total. The van der Waals surface area contributed by atoms with E-state index in [0.717, 1.165) is 11.1 Å². The Balaban J connectivity index is 3.00. The van der Waals surface area contributed by atoms with Gasteiger partial charge in [-0.05, 0) is 31.0 Å². The van der Waals surface area contributed by atoms with Gasteiger partial charge in [-0.2, -0.15) is 0 Å². The summed E-state index contributed by atoms with van der Waals surface area (Å²) < 4.78 is 21.5. The van der Waals surface area contributed by atoms with Gasteiger partial charge in [-0.25, -0.2) is 4.21 Å². The monoisotopic (exact) mass is 185 g/mol. The average molecular weight is 185 g/mol. The topological polar surface area (TPSA) is 49.3 Å². The summed E-state index contributed by atoms with van der Waals surface area (Å²) in [5.74, 6) is 0. The fourth-order valence-electron chi connectivity index (χ4n) is 0.956. The third-order valence-corrected chi connectivity index (χ3v) is 2.20. The molecule has 1 unspecified atom stereocenters. The molecule has 1 rings (SSSR count). The van der Waals surface area contributed by atoms with Crippen LogP contribution in [0.5, 0.6) is 0 Å². The lowest BCUT2D eigenvalue weighted by Crippen LogP contribution is -2.03. The second-order valence-electron chi connectivity index (χ2n) is 2.60. The van der Waals surface area contributed by atoms with Crippen molar-refractivity contribution in [2.24, 2.45) is 0 Å². The molecular formula is C8H11NO2S. The van der Waals surface area contributed by atoms with Crippen LogP contribution in [-0.4, -0.2) is 8.76 Å². The van der Waals surface area contributed by atoms with Crippen molar-refractivity contribution in [2.75, 3.05) is 4.72 Å². The van der Waals surface area contributed by atoms with E-state index in [9.17, 15) is 4.21 Å². The molecule has 12 heavy (non-hydrogen) atoms. The number of benzene rings is 1. The molecule has 1 atom stereocenters. The number of hydrogen-bond acceptors (Lipinski definition) is 1. The van der Waals surface area contributed by atoms with Crippen LogP contribution in [0.1, 0.15) is 11.1 Å². The maximum absolute atomic E-state index is 10.4. The Labute approximate surface area is 74.2 Å². The zero-order valence-corrected chi connectivity index (χ0v) is 7.81. The van der Waals surface area contributed by atoms with Crippen LogP contribution in [0.15, 0.2) is 18.2 Å². The number of rotatable bonds is 2. The highest BCUT2D eigenvalue weighted by Gasteiger charge is 2.00. The molecule has 0 fully saturated rings. The standard InChI is InChI=1S/C8H11NO2S/c1-6-4-3-5-8(7(6)2)9-12(10)11/h3-5,9H,1-2H3,(H,10,11). The molecule has 0 heterocycles. The van der Waals surface area contributed by atoms with Crippen molar-refractivity contribution in [2.45, 2.75) is 13.8 Å². The number of aryl methyl sites for hydroxylation is 1. The molecule has 0 radical (unpaired) electrons. The third kappa shape index (κ3) is 2.06. The highest BCUT2D eigenvalue weighted by molar-refractivity contribution is 7.80. The molecule has 4 heteroatoms.